The summed E-state index contributed by atoms with van der Waals surface area (Å²) < 4.78 is 0. The molecule has 1 aromatic heterocycles. The fraction of sp³-hybridized carbons (Fsp3) is 0.714. The lowest BCUT2D eigenvalue weighted by Crippen LogP contribution is -2.50. The van der Waals surface area contributed by atoms with E-state index in [4.69, 9.17) is 0 Å². The van der Waals surface area contributed by atoms with Crippen LogP contribution in [0.2, 0.25) is 0 Å². The number of hydrogen-bond donors (Lipinski definition) is 2. The topological polar surface area (TPSA) is 79.8 Å². The molecule has 0 aliphatic carbocycles. The number of rotatable bonds is 5. The van der Waals surface area contributed by atoms with Crippen molar-refractivity contribution in [2.75, 3.05) is 11.9 Å². The fourth-order valence-corrected chi connectivity index (χ4v) is 2.67. The van der Waals surface area contributed by atoms with Crippen molar-refractivity contribution in [3.05, 3.63) is 11.4 Å². The molecular formula is C14H23N5O. The van der Waals surface area contributed by atoms with Crippen LogP contribution in [0.5, 0.6) is 0 Å². The molecule has 0 spiro atoms. The van der Waals surface area contributed by atoms with Gasteiger partial charge < -0.3 is 5.32 Å². The molecule has 1 aliphatic rings. The predicted molar refractivity (Wildman–Crippen MR) is 77.5 cm³/mol. The number of nitrogens with one attached hydrogen (secondary N) is 2. The summed E-state index contributed by atoms with van der Waals surface area (Å²) in [5, 5.41) is 14.3. The molecule has 0 aromatic carbocycles. The minimum Gasteiger partial charge on any atom is -0.303 e. The fourth-order valence-electron chi connectivity index (χ4n) is 2.67. The molecule has 2 heterocycles. The third-order valence-corrected chi connectivity index (χ3v) is 4.02. The molecule has 1 aliphatic heterocycles. The van der Waals surface area contributed by atoms with E-state index in [2.05, 4.69) is 25.8 Å². The van der Waals surface area contributed by atoms with E-state index < -0.39 is 5.54 Å². The van der Waals surface area contributed by atoms with Crippen LogP contribution in [0.25, 0.3) is 0 Å². The molecule has 1 amide bonds. The van der Waals surface area contributed by atoms with E-state index in [1.165, 1.54) is 0 Å². The second-order valence-corrected chi connectivity index (χ2v) is 5.16. The number of aromatic nitrogens is 3. The van der Waals surface area contributed by atoms with Crippen LogP contribution >= 0.6 is 0 Å². The molecule has 1 saturated heterocycles. The van der Waals surface area contributed by atoms with Gasteiger partial charge in [0.25, 0.3) is 0 Å². The summed E-state index contributed by atoms with van der Waals surface area (Å²) in [5.74, 6) is 0.260. The largest absolute Gasteiger partial charge is 0.303 e. The molecule has 0 radical (unpaired) electrons. The first-order valence-corrected chi connectivity index (χ1v) is 7.44. The molecular weight excluding hydrogens is 254 g/mol. The van der Waals surface area contributed by atoms with Crippen molar-refractivity contribution < 1.29 is 4.79 Å². The number of aryl methyl sites for hydroxylation is 2. The maximum Gasteiger partial charge on any atom is 0.249 e. The highest BCUT2D eigenvalue weighted by Crippen LogP contribution is 2.24. The molecule has 6 heteroatoms. The summed E-state index contributed by atoms with van der Waals surface area (Å²) in [6.07, 6.45) is 4.24. The van der Waals surface area contributed by atoms with Crippen molar-refractivity contribution in [1.82, 2.24) is 20.5 Å². The molecule has 1 fully saturated rings. The highest BCUT2D eigenvalue weighted by atomic mass is 16.2. The van der Waals surface area contributed by atoms with Gasteiger partial charge in [-0.1, -0.05) is 20.8 Å². The zero-order valence-electron chi connectivity index (χ0n) is 12.5. The Morgan fingerprint density at radius 1 is 1.25 bits per heavy atom. The molecule has 1 atom stereocenters. The van der Waals surface area contributed by atoms with Crippen molar-refractivity contribution in [3.63, 3.8) is 0 Å². The van der Waals surface area contributed by atoms with Crippen LogP contribution in [0.1, 0.15) is 51.4 Å². The molecule has 1 unspecified atom stereocenters. The second-order valence-electron chi connectivity index (χ2n) is 5.16. The lowest BCUT2D eigenvalue weighted by molar-refractivity contribution is -0.122. The summed E-state index contributed by atoms with van der Waals surface area (Å²) in [7, 11) is 0. The van der Waals surface area contributed by atoms with Gasteiger partial charge in [0.15, 0.2) is 0 Å². The smallest absolute Gasteiger partial charge is 0.249 e. The van der Waals surface area contributed by atoms with Crippen molar-refractivity contribution in [2.45, 2.75) is 58.4 Å². The standard InChI is InChI=1S/C14H23N5O/c1-4-10-11(5-2)18-19-13(16-10)17-12(20)14(6-3)8-7-9-15-14/h15H,4-9H2,1-3H3,(H,16,17,19,20). The molecule has 2 N–H and O–H groups in total. The van der Waals surface area contributed by atoms with Gasteiger partial charge in [-0.2, -0.15) is 0 Å². The van der Waals surface area contributed by atoms with E-state index in [0.29, 0.717) is 5.95 Å². The zero-order valence-corrected chi connectivity index (χ0v) is 12.5. The van der Waals surface area contributed by atoms with Gasteiger partial charge in [-0.15, -0.1) is 10.2 Å². The summed E-state index contributed by atoms with van der Waals surface area (Å²) in [6.45, 7) is 6.96. The molecule has 6 nitrogen and oxygen atoms in total. The quantitative estimate of drug-likeness (QED) is 0.852. The van der Waals surface area contributed by atoms with E-state index >= 15 is 0 Å². The monoisotopic (exact) mass is 277 g/mol. The molecule has 0 saturated carbocycles. The Labute approximate surface area is 119 Å². The number of carbonyl (C=O) groups excluding carboxylic acids is 1. The van der Waals surface area contributed by atoms with Gasteiger partial charge in [-0.25, -0.2) is 4.98 Å². The number of anilines is 1. The van der Waals surface area contributed by atoms with Crippen LogP contribution in [-0.2, 0) is 17.6 Å². The predicted octanol–water partition coefficient (Wildman–Crippen LogP) is 1.47. The van der Waals surface area contributed by atoms with Gasteiger partial charge in [0.1, 0.15) is 0 Å². The van der Waals surface area contributed by atoms with Crippen LogP contribution in [-0.4, -0.2) is 33.2 Å². The maximum absolute atomic E-state index is 12.4. The van der Waals surface area contributed by atoms with Crippen molar-refractivity contribution in [2.24, 2.45) is 0 Å². The van der Waals surface area contributed by atoms with Gasteiger partial charge in [0.05, 0.1) is 16.9 Å². The van der Waals surface area contributed by atoms with Crippen LogP contribution in [0, 0.1) is 0 Å². The maximum atomic E-state index is 12.4. The van der Waals surface area contributed by atoms with Crippen LogP contribution in [0.3, 0.4) is 0 Å². The minimum atomic E-state index is -0.473. The SMILES string of the molecule is CCc1nnc(NC(=O)C2(CC)CCCN2)nc1CC. The molecule has 20 heavy (non-hydrogen) atoms. The molecule has 2 rings (SSSR count). The first-order valence-electron chi connectivity index (χ1n) is 7.44. The number of amides is 1. The summed E-state index contributed by atoms with van der Waals surface area (Å²) >= 11 is 0. The lowest BCUT2D eigenvalue weighted by Gasteiger charge is -2.26. The van der Waals surface area contributed by atoms with Gasteiger partial charge in [-0.05, 0) is 38.6 Å². The Hall–Kier alpha value is -1.56. The normalized spacial score (nSPS) is 21.9. The van der Waals surface area contributed by atoms with E-state index in [0.717, 1.165) is 50.0 Å². The van der Waals surface area contributed by atoms with E-state index in [-0.39, 0.29) is 5.91 Å². The Balaban J connectivity index is 2.15. The first kappa shape index (κ1) is 14.8. The Bertz CT molecular complexity index is 482. The number of nitrogens with zero attached hydrogens (tertiary/aromatic N) is 3. The minimum absolute atomic E-state index is 0.0504. The highest BCUT2D eigenvalue weighted by molar-refractivity contribution is 5.97. The van der Waals surface area contributed by atoms with Gasteiger partial charge in [0, 0.05) is 0 Å². The lowest BCUT2D eigenvalue weighted by atomic mass is 9.93. The van der Waals surface area contributed by atoms with Crippen molar-refractivity contribution in [3.8, 4) is 0 Å². The zero-order chi connectivity index (χ0) is 14.6. The van der Waals surface area contributed by atoms with E-state index in [1.54, 1.807) is 0 Å². The molecule has 1 aromatic rings. The molecule has 110 valence electrons. The van der Waals surface area contributed by atoms with Crippen molar-refractivity contribution in [1.29, 1.82) is 0 Å². The second kappa shape index (κ2) is 6.26. The van der Waals surface area contributed by atoms with Gasteiger partial charge in [-0.3, -0.25) is 10.1 Å². The molecule has 0 bridgehead atoms. The Morgan fingerprint density at radius 2 is 2.00 bits per heavy atom. The number of hydrogen-bond acceptors (Lipinski definition) is 5. The average molecular weight is 277 g/mol. The Kier molecular flexibility index (Phi) is 4.65. The van der Waals surface area contributed by atoms with Crippen LogP contribution < -0.4 is 10.6 Å². The third kappa shape index (κ3) is 2.80. The average Bonchev–Trinajstić information content (AvgIpc) is 2.97. The third-order valence-electron chi connectivity index (χ3n) is 4.02. The summed E-state index contributed by atoms with van der Waals surface area (Å²) in [4.78, 5) is 16.8. The van der Waals surface area contributed by atoms with Crippen LogP contribution in [0.4, 0.5) is 5.95 Å². The Morgan fingerprint density at radius 3 is 2.55 bits per heavy atom. The number of carbonyl (C=O) groups is 1. The van der Waals surface area contributed by atoms with Crippen LogP contribution in [0.15, 0.2) is 0 Å². The van der Waals surface area contributed by atoms with E-state index in [1.807, 2.05) is 20.8 Å². The van der Waals surface area contributed by atoms with Gasteiger partial charge in [0.2, 0.25) is 11.9 Å². The van der Waals surface area contributed by atoms with Gasteiger partial charge >= 0.3 is 0 Å². The summed E-state index contributed by atoms with van der Waals surface area (Å²) in [5.41, 5.74) is 1.33. The highest BCUT2D eigenvalue weighted by Gasteiger charge is 2.39. The first-order chi connectivity index (χ1) is 9.65. The summed E-state index contributed by atoms with van der Waals surface area (Å²) in [6, 6.07) is 0. The van der Waals surface area contributed by atoms with E-state index in [9.17, 15) is 4.79 Å². The van der Waals surface area contributed by atoms with Crippen molar-refractivity contribution >= 4 is 11.9 Å².